The molecule has 5 heteroatoms. The van der Waals surface area contributed by atoms with Crippen LogP contribution in [-0.2, 0) is 9.59 Å². The fourth-order valence-corrected chi connectivity index (χ4v) is 1.84. The van der Waals surface area contributed by atoms with Crippen LogP contribution in [0.3, 0.4) is 0 Å². The second kappa shape index (κ2) is 5.96. The highest BCUT2D eigenvalue weighted by Gasteiger charge is 2.22. The van der Waals surface area contributed by atoms with Crippen LogP contribution < -0.4 is 0 Å². The Hall–Kier alpha value is -0.940. The van der Waals surface area contributed by atoms with Gasteiger partial charge < -0.3 is 10.0 Å². The molecule has 0 aromatic rings. The Kier molecular flexibility index (Phi) is 4.89. The smallest absolute Gasteiger partial charge is 0.303 e. The molecule has 1 aliphatic rings. The molecule has 1 N–H and O–H groups in total. The summed E-state index contributed by atoms with van der Waals surface area (Å²) in [4.78, 5) is 26.2. The van der Waals surface area contributed by atoms with E-state index < -0.39 is 5.97 Å². The van der Waals surface area contributed by atoms with E-state index in [0.29, 0.717) is 12.6 Å². The van der Waals surface area contributed by atoms with E-state index in [4.69, 9.17) is 5.11 Å². The van der Waals surface area contributed by atoms with Gasteiger partial charge in [0.05, 0.1) is 13.0 Å². The maximum atomic E-state index is 11.5. The van der Waals surface area contributed by atoms with Gasteiger partial charge in [-0.05, 0) is 14.0 Å². The predicted octanol–water partition coefficient (Wildman–Crippen LogP) is 0.0562. The maximum Gasteiger partial charge on any atom is 0.303 e. The van der Waals surface area contributed by atoms with Crippen LogP contribution in [0.4, 0.5) is 0 Å². The number of nitrogens with zero attached hydrogens (tertiary/aromatic N) is 2. The molecule has 1 aliphatic heterocycles. The van der Waals surface area contributed by atoms with E-state index in [2.05, 4.69) is 23.8 Å². The molecule has 16 heavy (non-hydrogen) atoms. The van der Waals surface area contributed by atoms with E-state index in [-0.39, 0.29) is 18.6 Å². The Morgan fingerprint density at radius 2 is 2.00 bits per heavy atom. The molecular formula is C11H20N2O3. The molecule has 0 aromatic carbocycles. The van der Waals surface area contributed by atoms with E-state index in [1.165, 1.54) is 0 Å². The average Bonchev–Trinajstić information content (AvgIpc) is 2.21. The number of hydrogen-bond donors (Lipinski definition) is 1. The van der Waals surface area contributed by atoms with Crippen molar-refractivity contribution in [2.45, 2.75) is 25.8 Å². The van der Waals surface area contributed by atoms with Gasteiger partial charge in [-0.1, -0.05) is 0 Å². The zero-order valence-corrected chi connectivity index (χ0v) is 9.98. The van der Waals surface area contributed by atoms with Crippen LogP contribution >= 0.6 is 0 Å². The minimum absolute atomic E-state index is 0.0270. The first-order valence-corrected chi connectivity index (χ1v) is 5.65. The lowest BCUT2D eigenvalue weighted by Gasteiger charge is -2.37. The topological polar surface area (TPSA) is 60.9 Å². The summed E-state index contributed by atoms with van der Waals surface area (Å²) in [5, 5.41) is 8.47. The lowest BCUT2D eigenvalue weighted by atomic mass is 10.1. The highest BCUT2D eigenvalue weighted by atomic mass is 16.4. The summed E-state index contributed by atoms with van der Waals surface area (Å²) >= 11 is 0. The summed E-state index contributed by atoms with van der Waals surface area (Å²) in [6, 6.07) is 0.459. The third-order valence-corrected chi connectivity index (χ3v) is 3.06. The predicted molar refractivity (Wildman–Crippen MR) is 60.4 cm³/mol. The minimum Gasteiger partial charge on any atom is -0.481 e. The molecule has 1 heterocycles. The van der Waals surface area contributed by atoms with Crippen LogP contribution in [0, 0.1) is 0 Å². The number of piperazine rings is 1. The molecular weight excluding hydrogens is 208 g/mol. The Balaban J connectivity index is 2.26. The van der Waals surface area contributed by atoms with Crippen LogP contribution in [0.2, 0.25) is 0 Å². The van der Waals surface area contributed by atoms with Crippen molar-refractivity contribution in [3.8, 4) is 0 Å². The van der Waals surface area contributed by atoms with Gasteiger partial charge in [-0.3, -0.25) is 14.5 Å². The number of Topliss-reactive ketones (excluding diaryl/α,β-unsaturated/α-hetero) is 1. The van der Waals surface area contributed by atoms with Gasteiger partial charge in [-0.15, -0.1) is 0 Å². The molecule has 1 unspecified atom stereocenters. The fourth-order valence-electron chi connectivity index (χ4n) is 1.84. The first kappa shape index (κ1) is 13.1. The van der Waals surface area contributed by atoms with E-state index >= 15 is 0 Å². The summed E-state index contributed by atoms with van der Waals surface area (Å²) in [5.74, 6) is -0.876. The first-order valence-electron chi connectivity index (χ1n) is 5.65. The monoisotopic (exact) mass is 228 g/mol. The lowest BCUT2D eigenvalue weighted by molar-refractivity contribution is -0.138. The molecule has 1 saturated heterocycles. The maximum absolute atomic E-state index is 11.5. The Labute approximate surface area is 96.0 Å². The second-order valence-electron chi connectivity index (χ2n) is 4.50. The van der Waals surface area contributed by atoms with Gasteiger partial charge in [0.25, 0.3) is 0 Å². The minimum atomic E-state index is -0.903. The zero-order chi connectivity index (χ0) is 12.1. The molecule has 5 nitrogen and oxygen atoms in total. The van der Waals surface area contributed by atoms with E-state index in [1.54, 1.807) is 0 Å². The summed E-state index contributed by atoms with van der Waals surface area (Å²) in [5.41, 5.74) is 0. The lowest BCUT2D eigenvalue weighted by Crippen LogP contribution is -2.51. The Bertz CT molecular complexity index is 268. The van der Waals surface area contributed by atoms with Crippen LogP contribution in [-0.4, -0.2) is 65.9 Å². The number of carbonyl (C=O) groups excluding carboxylic acids is 1. The molecule has 0 aromatic heterocycles. The number of hydrogen-bond acceptors (Lipinski definition) is 4. The van der Waals surface area contributed by atoms with Gasteiger partial charge in [0, 0.05) is 32.1 Å². The van der Waals surface area contributed by atoms with Crippen molar-refractivity contribution in [1.82, 2.24) is 9.80 Å². The second-order valence-corrected chi connectivity index (χ2v) is 4.50. The van der Waals surface area contributed by atoms with E-state index in [9.17, 15) is 9.59 Å². The molecule has 1 atom stereocenters. The van der Waals surface area contributed by atoms with Crippen molar-refractivity contribution in [3.63, 3.8) is 0 Å². The number of carbonyl (C=O) groups is 2. The molecule has 0 saturated carbocycles. The number of likely N-dealkylation sites (N-methyl/N-ethyl adjacent to an activating group) is 1. The van der Waals surface area contributed by atoms with E-state index in [0.717, 1.165) is 19.6 Å². The van der Waals surface area contributed by atoms with Gasteiger partial charge in [0.1, 0.15) is 5.78 Å². The van der Waals surface area contributed by atoms with Crippen molar-refractivity contribution in [2.24, 2.45) is 0 Å². The van der Waals surface area contributed by atoms with Crippen molar-refractivity contribution < 1.29 is 14.7 Å². The SMILES string of the molecule is CC1CN(CC(=O)CCC(=O)O)CCN1C. The molecule has 0 aliphatic carbocycles. The molecule has 92 valence electrons. The summed E-state index contributed by atoms with van der Waals surface area (Å²) in [6.45, 7) is 5.27. The third-order valence-electron chi connectivity index (χ3n) is 3.06. The van der Waals surface area contributed by atoms with Crippen LogP contribution in [0.25, 0.3) is 0 Å². The van der Waals surface area contributed by atoms with E-state index in [1.807, 2.05) is 0 Å². The highest BCUT2D eigenvalue weighted by molar-refractivity contribution is 5.83. The molecule has 1 rings (SSSR count). The van der Waals surface area contributed by atoms with Gasteiger partial charge in [-0.25, -0.2) is 0 Å². The standard InChI is InChI=1S/C11H20N2O3/c1-9-7-13(6-5-12(9)2)8-10(14)3-4-11(15)16/h9H,3-8H2,1-2H3,(H,15,16). The van der Waals surface area contributed by atoms with Crippen molar-refractivity contribution in [3.05, 3.63) is 0 Å². The van der Waals surface area contributed by atoms with Crippen molar-refractivity contribution in [2.75, 3.05) is 33.2 Å². The van der Waals surface area contributed by atoms with Crippen LogP contribution in [0.5, 0.6) is 0 Å². The third kappa shape index (κ3) is 4.28. The highest BCUT2D eigenvalue weighted by Crippen LogP contribution is 2.07. The number of aliphatic carboxylic acids is 1. The number of ketones is 1. The van der Waals surface area contributed by atoms with Crippen LogP contribution in [0.1, 0.15) is 19.8 Å². The van der Waals surface area contributed by atoms with Gasteiger partial charge >= 0.3 is 5.97 Å². The molecule has 0 bridgehead atoms. The summed E-state index contributed by atoms with van der Waals surface area (Å²) in [6.07, 6.45) is 0.0954. The zero-order valence-electron chi connectivity index (χ0n) is 9.98. The molecule has 0 radical (unpaired) electrons. The number of carboxylic acids is 1. The fraction of sp³-hybridized carbons (Fsp3) is 0.818. The number of carboxylic acid groups (broad SMARTS) is 1. The van der Waals surface area contributed by atoms with Gasteiger partial charge in [0.2, 0.25) is 0 Å². The van der Waals surface area contributed by atoms with Crippen LogP contribution in [0.15, 0.2) is 0 Å². The van der Waals surface area contributed by atoms with Crippen molar-refractivity contribution in [1.29, 1.82) is 0 Å². The largest absolute Gasteiger partial charge is 0.481 e. The first-order chi connectivity index (χ1) is 7.49. The molecule has 1 fully saturated rings. The van der Waals surface area contributed by atoms with Gasteiger partial charge in [-0.2, -0.15) is 0 Å². The quantitative estimate of drug-likeness (QED) is 0.721. The Morgan fingerprint density at radius 1 is 1.31 bits per heavy atom. The molecule has 0 spiro atoms. The normalized spacial score (nSPS) is 23.2. The van der Waals surface area contributed by atoms with Gasteiger partial charge in [0.15, 0.2) is 0 Å². The Morgan fingerprint density at radius 3 is 2.56 bits per heavy atom. The summed E-state index contributed by atoms with van der Waals surface area (Å²) < 4.78 is 0. The summed E-state index contributed by atoms with van der Waals surface area (Å²) in [7, 11) is 2.08. The molecule has 0 amide bonds. The average molecular weight is 228 g/mol. The number of rotatable bonds is 5. The van der Waals surface area contributed by atoms with Crippen molar-refractivity contribution >= 4 is 11.8 Å².